The van der Waals surface area contributed by atoms with Crippen LogP contribution in [0.5, 0.6) is 5.75 Å². The molecule has 0 saturated carbocycles. The van der Waals surface area contributed by atoms with Crippen LogP contribution in [0.3, 0.4) is 0 Å². The lowest BCUT2D eigenvalue weighted by Crippen LogP contribution is -2.60. The summed E-state index contributed by atoms with van der Waals surface area (Å²) in [6.45, 7) is 1.23. The minimum Gasteiger partial charge on any atom is -0.497 e. The Labute approximate surface area is 344 Å². The lowest BCUT2D eigenvalue weighted by Gasteiger charge is -2.45. The molecule has 58 heavy (non-hydrogen) atoms. The highest BCUT2D eigenvalue weighted by atomic mass is 32.2. The minimum atomic E-state index is -0.947. The van der Waals surface area contributed by atoms with Crippen LogP contribution in [0.25, 0.3) is 11.1 Å². The summed E-state index contributed by atoms with van der Waals surface area (Å²) in [4.78, 5) is 14.9. The second-order valence-corrected chi connectivity index (χ2v) is 15.4. The Hall–Kier alpha value is -5.42. The van der Waals surface area contributed by atoms with Crippen molar-refractivity contribution in [2.24, 2.45) is 0 Å². The third-order valence-electron chi connectivity index (χ3n) is 10.4. The molecule has 1 saturated heterocycles. The molecule has 1 fully saturated rings. The van der Waals surface area contributed by atoms with Crippen LogP contribution in [-0.2, 0) is 48.2 Å². The normalized spacial score (nSPS) is 19.8. The number of methoxy groups -OCH3 is 1. The van der Waals surface area contributed by atoms with Gasteiger partial charge in [0.2, 0.25) is 0 Å². The molecule has 2 aliphatic rings. The fourth-order valence-corrected chi connectivity index (χ4v) is 8.65. The molecule has 8 rings (SSSR count). The van der Waals surface area contributed by atoms with E-state index in [1.54, 1.807) is 7.11 Å². The van der Waals surface area contributed by atoms with Crippen LogP contribution in [0.1, 0.15) is 33.7 Å². The third kappa shape index (κ3) is 9.64. The largest absolute Gasteiger partial charge is 0.508 e. The van der Waals surface area contributed by atoms with Gasteiger partial charge in [-0.1, -0.05) is 151 Å². The van der Waals surface area contributed by atoms with Gasteiger partial charge in [-0.05, 0) is 63.2 Å². The zero-order valence-corrected chi connectivity index (χ0v) is 33.1. The molecule has 0 N–H and O–H groups in total. The Kier molecular flexibility index (Phi) is 13.1. The van der Waals surface area contributed by atoms with Crippen LogP contribution < -0.4 is 4.74 Å². The summed E-state index contributed by atoms with van der Waals surface area (Å²) in [7, 11) is 1.63. The molecular formula is C49H46O8S. The highest BCUT2D eigenvalue weighted by molar-refractivity contribution is 7.99. The summed E-state index contributed by atoms with van der Waals surface area (Å²) in [6, 6.07) is 54.0. The van der Waals surface area contributed by atoms with E-state index in [-0.39, 0.29) is 32.3 Å². The molecule has 0 radical (unpaired) electrons. The summed E-state index contributed by atoms with van der Waals surface area (Å²) in [5.41, 5.74) is 6.78. The number of rotatable bonds is 16. The Morgan fingerprint density at radius 3 is 1.66 bits per heavy atom. The minimum absolute atomic E-state index is 0.107. The smallest absolute Gasteiger partial charge is 0.497 e. The highest BCUT2D eigenvalue weighted by Gasteiger charge is 2.50. The average molecular weight is 795 g/mol. The van der Waals surface area contributed by atoms with Crippen molar-refractivity contribution in [1.29, 1.82) is 0 Å². The lowest BCUT2D eigenvalue weighted by molar-refractivity contribution is -0.245. The average Bonchev–Trinajstić information content (AvgIpc) is 3.60. The maximum absolute atomic E-state index is 14.0. The second kappa shape index (κ2) is 19.4. The van der Waals surface area contributed by atoms with Crippen molar-refractivity contribution in [2.75, 3.05) is 20.3 Å². The first kappa shape index (κ1) is 39.4. The summed E-state index contributed by atoms with van der Waals surface area (Å²) < 4.78 is 44.7. The standard InChI is InChI=1S/C49H46O8S/c1-51-37-25-27-38(28-26-37)58-48-47(57-49(50)55-32-43-41-23-13-11-21-39(41)40-22-12-14-24-42(40)43)46(54-31-36-19-9-4-10-20-36)45(53-30-35-17-7-3-8-18-35)44(56-48)33-52-29-34-15-5-2-6-16-34/h2-28,43-48H,29-33H2,1H3/t44?,45-,46?,47?,48-/m1/s1. The van der Waals surface area contributed by atoms with E-state index in [1.807, 2.05) is 140 Å². The van der Waals surface area contributed by atoms with Crippen molar-refractivity contribution >= 4 is 17.9 Å². The van der Waals surface area contributed by atoms with Gasteiger partial charge >= 0.3 is 6.16 Å². The van der Waals surface area contributed by atoms with Gasteiger partial charge in [-0.3, -0.25) is 0 Å². The number of carbonyl (C=O) groups is 1. The van der Waals surface area contributed by atoms with E-state index in [4.69, 9.17) is 33.2 Å². The maximum atomic E-state index is 14.0. The van der Waals surface area contributed by atoms with Gasteiger partial charge in [0.25, 0.3) is 0 Å². The van der Waals surface area contributed by atoms with E-state index in [2.05, 4.69) is 24.3 Å². The summed E-state index contributed by atoms with van der Waals surface area (Å²) in [5.74, 6) is 0.594. The molecule has 5 atom stereocenters. The quantitative estimate of drug-likeness (QED) is 0.0890. The number of benzene rings is 6. The van der Waals surface area contributed by atoms with Crippen molar-refractivity contribution in [3.05, 3.63) is 192 Å². The zero-order valence-electron chi connectivity index (χ0n) is 32.3. The molecule has 1 heterocycles. The van der Waals surface area contributed by atoms with E-state index >= 15 is 0 Å². The van der Waals surface area contributed by atoms with E-state index in [0.717, 1.165) is 49.6 Å². The molecule has 8 nitrogen and oxygen atoms in total. The number of ether oxygens (including phenoxy) is 7. The van der Waals surface area contributed by atoms with E-state index in [0.29, 0.717) is 6.61 Å². The SMILES string of the molecule is COc1ccc(S[C@H]2OC(COCc3ccccc3)[C@@H](OCc3ccccc3)C(OCc3ccccc3)C2OC(=O)OCC2c3ccccc3-c3ccccc32)cc1. The van der Waals surface area contributed by atoms with Gasteiger partial charge in [0, 0.05) is 10.8 Å². The molecule has 9 heteroatoms. The molecular weight excluding hydrogens is 749 g/mol. The third-order valence-corrected chi connectivity index (χ3v) is 11.6. The molecule has 0 spiro atoms. The number of thioether (sulfide) groups is 1. The summed E-state index contributed by atoms with van der Waals surface area (Å²) >= 11 is 1.43. The van der Waals surface area contributed by atoms with Crippen LogP contribution in [0.4, 0.5) is 4.79 Å². The Morgan fingerprint density at radius 1 is 0.569 bits per heavy atom. The lowest BCUT2D eigenvalue weighted by atomic mass is 9.98. The molecule has 0 bridgehead atoms. The number of hydrogen-bond donors (Lipinski definition) is 0. The van der Waals surface area contributed by atoms with Gasteiger partial charge in [0.1, 0.15) is 36.1 Å². The maximum Gasteiger partial charge on any atom is 0.508 e. The highest BCUT2D eigenvalue weighted by Crippen LogP contribution is 2.45. The molecule has 1 aliphatic carbocycles. The van der Waals surface area contributed by atoms with E-state index < -0.39 is 36.0 Å². The Balaban J connectivity index is 1.10. The van der Waals surface area contributed by atoms with Gasteiger partial charge in [0.05, 0.1) is 33.5 Å². The van der Waals surface area contributed by atoms with Crippen molar-refractivity contribution in [3.8, 4) is 16.9 Å². The zero-order chi connectivity index (χ0) is 39.5. The number of fused-ring (bicyclic) bond motifs is 3. The van der Waals surface area contributed by atoms with Gasteiger partial charge in [0.15, 0.2) is 6.10 Å². The Morgan fingerprint density at radius 2 is 1.09 bits per heavy atom. The second-order valence-electron chi connectivity index (χ2n) is 14.2. The molecule has 1 aliphatic heterocycles. The molecule has 6 aromatic rings. The topological polar surface area (TPSA) is 81.7 Å². The molecule has 0 aromatic heterocycles. The van der Waals surface area contributed by atoms with Crippen molar-refractivity contribution in [3.63, 3.8) is 0 Å². The van der Waals surface area contributed by atoms with Gasteiger partial charge in [-0.2, -0.15) is 0 Å². The molecule has 6 aromatic carbocycles. The van der Waals surface area contributed by atoms with Crippen molar-refractivity contribution < 1.29 is 38.0 Å². The predicted octanol–water partition coefficient (Wildman–Crippen LogP) is 10.2. The van der Waals surface area contributed by atoms with E-state index in [1.165, 1.54) is 11.8 Å². The summed E-state index contributed by atoms with van der Waals surface area (Å²) in [5, 5.41) is 0. The van der Waals surface area contributed by atoms with Crippen LogP contribution >= 0.6 is 11.8 Å². The monoisotopic (exact) mass is 794 g/mol. The van der Waals surface area contributed by atoms with Crippen LogP contribution in [0.2, 0.25) is 0 Å². The molecule has 296 valence electrons. The first-order valence-corrected chi connectivity index (χ1v) is 20.4. The van der Waals surface area contributed by atoms with Crippen LogP contribution in [0, 0.1) is 0 Å². The van der Waals surface area contributed by atoms with Gasteiger partial charge < -0.3 is 33.2 Å². The fraction of sp³-hybridized carbons (Fsp3) is 0.245. The Bertz CT molecular complexity index is 2160. The van der Waals surface area contributed by atoms with Gasteiger partial charge in [-0.25, -0.2) is 4.79 Å². The van der Waals surface area contributed by atoms with Crippen LogP contribution in [0.15, 0.2) is 169 Å². The fourth-order valence-electron chi connectivity index (χ4n) is 7.55. The van der Waals surface area contributed by atoms with Crippen LogP contribution in [-0.4, -0.2) is 56.3 Å². The number of hydrogen-bond acceptors (Lipinski definition) is 9. The molecule has 0 amide bonds. The van der Waals surface area contributed by atoms with Crippen molar-refractivity contribution in [2.45, 2.75) is 60.5 Å². The van der Waals surface area contributed by atoms with E-state index in [9.17, 15) is 4.79 Å². The van der Waals surface area contributed by atoms with Crippen molar-refractivity contribution in [1.82, 2.24) is 0 Å². The first-order valence-electron chi connectivity index (χ1n) is 19.5. The summed E-state index contributed by atoms with van der Waals surface area (Å²) in [6.07, 6.45) is -3.83. The number of carbonyl (C=O) groups excluding carboxylic acids is 1. The van der Waals surface area contributed by atoms with Gasteiger partial charge in [-0.15, -0.1) is 0 Å². The first-order chi connectivity index (χ1) is 28.6. The molecule has 3 unspecified atom stereocenters. The predicted molar refractivity (Wildman–Crippen MR) is 224 cm³/mol.